The molecule has 1 heterocycles. The largest absolute Gasteiger partial charge is 0.489 e. The molecule has 0 amide bonds. The summed E-state index contributed by atoms with van der Waals surface area (Å²) in [4.78, 5) is 4.12. The second kappa shape index (κ2) is 4.64. The number of pyridine rings is 1. The van der Waals surface area contributed by atoms with Gasteiger partial charge in [0, 0.05) is 5.92 Å². The van der Waals surface area contributed by atoms with E-state index in [4.69, 9.17) is 10.5 Å². The molecule has 3 heteroatoms. The van der Waals surface area contributed by atoms with Gasteiger partial charge in [-0.25, -0.2) is 4.98 Å². The SMILES string of the molecule is CC(Oc1ccc(N)nc1)C1C2CC3CC(C2)CC1C3. The van der Waals surface area contributed by atoms with Crippen molar-refractivity contribution in [1.82, 2.24) is 4.98 Å². The Hall–Kier alpha value is -1.25. The van der Waals surface area contributed by atoms with E-state index in [-0.39, 0.29) is 0 Å². The Morgan fingerprint density at radius 3 is 2.30 bits per heavy atom. The number of rotatable bonds is 3. The number of nitrogens with two attached hydrogens (primary N) is 1. The van der Waals surface area contributed by atoms with Crippen LogP contribution in [0.2, 0.25) is 0 Å². The van der Waals surface area contributed by atoms with Crippen LogP contribution in [0.5, 0.6) is 5.75 Å². The summed E-state index contributed by atoms with van der Waals surface area (Å²) in [7, 11) is 0. The minimum absolute atomic E-state index is 0.301. The van der Waals surface area contributed by atoms with Crippen molar-refractivity contribution in [3.63, 3.8) is 0 Å². The van der Waals surface area contributed by atoms with E-state index in [1.807, 2.05) is 12.1 Å². The summed E-state index contributed by atoms with van der Waals surface area (Å²) in [5, 5.41) is 0. The summed E-state index contributed by atoms with van der Waals surface area (Å²) < 4.78 is 6.18. The Bertz CT molecular complexity index is 456. The average Bonchev–Trinajstić information content (AvgIpc) is 2.40. The zero-order chi connectivity index (χ0) is 13.7. The van der Waals surface area contributed by atoms with E-state index in [0.29, 0.717) is 11.9 Å². The molecule has 0 radical (unpaired) electrons. The number of ether oxygens (including phenoxy) is 1. The van der Waals surface area contributed by atoms with Crippen molar-refractivity contribution in [2.24, 2.45) is 29.6 Å². The lowest BCUT2D eigenvalue weighted by atomic mass is 9.51. The van der Waals surface area contributed by atoms with E-state index in [0.717, 1.165) is 35.3 Å². The molecule has 4 bridgehead atoms. The first-order valence-electron chi connectivity index (χ1n) is 8.07. The van der Waals surface area contributed by atoms with E-state index < -0.39 is 0 Å². The number of anilines is 1. The van der Waals surface area contributed by atoms with Crippen LogP contribution < -0.4 is 10.5 Å². The molecule has 5 rings (SSSR count). The van der Waals surface area contributed by atoms with E-state index in [2.05, 4.69) is 11.9 Å². The van der Waals surface area contributed by atoms with Gasteiger partial charge in [-0.1, -0.05) is 0 Å². The molecule has 4 aliphatic rings. The smallest absolute Gasteiger partial charge is 0.138 e. The Labute approximate surface area is 120 Å². The van der Waals surface area contributed by atoms with Crippen LogP contribution >= 0.6 is 0 Å². The summed E-state index contributed by atoms with van der Waals surface area (Å²) in [6.07, 6.45) is 9.36. The molecule has 0 saturated heterocycles. The van der Waals surface area contributed by atoms with Gasteiger partial charge in [-0.2, -0.15) is 0 Å². The van der Waals surface area contributed by atoms with Crippen molar-refractivity contribution in [2.75, 3.05) is 5.73 Å². The van der Waals surface area contributed by atoms with E-state index in [1.165, 1.54) is 32.1 Å². The minimum atomic E-state index is 0.301. The molecule has 3 nitrogen and oxygen atoms in total. The van der Waals surface area contributed by atoms with Crippen molar-refractivity contribution in [1.29, 1.82) is 0 Å². The topological polar surface area (TPSA) is 48.1 Å². The van der Waals surface area contributed by atoms with Crippen LogP contribution in [0.4, 0.5) is 5.82 Å². The Balaban J connectivity index is 1.48. The van der Waals surface area contributed by atoms with Gasteiger partial charge in [0.25, 0.3) is 0 Å². The van der Waals surface area contributed by atoms with Gasteiger partial charge in [-0.15, -0.1) is 0 Å². The van der Waals surface area contributed by atoms with Gasteiger partial charge in [0.1, 0.15) is 11.6 Å². The maximum absolute atomic E-state index is 6.18. The Morgan fingerprint density at radius 1 is 1.10 bits per heavy atom. The first-order valence-corrected chi connectivity index (χ1v) is 8.07. The van der Waals surface area contributed by atoms with Crippen LogP contribution in [-0.2, 0) is 0 Å². The van der Waals surface area contributed by atoms with Crippen molar-refractivity contribution in [2.45, 2.75) is 45.1 Å². The zero-order valence-electron chi connectivity index (χ0n) is 12.2. The number of hydrogen-bond acceptors (Lipinski definition) is 3. The summed E-state index contributed by atoms with van der Waals surface area (Å²) in [5.74, 6) is 6.03. The normalized spacial score (nSPS) is 39.8. The summed E-state index contributed by atoms with van der Waals surface area (Å²) in [6, 6.07) is 3.76. The molecular weight excluding hydrogens is 248 g/mol. The molecule has 1 aromatic heterocycles. The molecule has 20 heavy (non-hydrogen) atoms. The third-order valence-electron chi connectivity index (χ3n) is 5.92. The lowest BCUT2D eigenvalue weighted by Crippen LogP contribution is -2.49. The third kappa shape index (κ3) is 2.07. The number of nitrogens with zero attached hydrogens (tertiary/aromatic N) is 1. The van der Waals surface area contributed by atoms with E-state index in [9.17, 15) is 0 Å². The predicted octanol–water partition coefficient (Wildman–Crippen LogP) is 3.50. The van der Waals surface area contributed by atoms with Gasteiger partial charge in [0.05, 0.1) is 12.3 Å². The van der Waals surface area contributed by atoms with Crippen molar-refractivity contribution < 1.29 is 4.74 Å². The molecule has 1 unspecified atom stereocenters. The van der Waals surface area contributed by atoms with Gasteiger partial charge < -0.3 is 10.5 Å². The highest BCUT2D eigenvalue weighted by Crippen LogP contribution is 2.57. The quantitative estimate of drug-likeness (QED) is 0.916. The average molecular weight is 272 g/mol. The first kappa shape index (κ1) is 12.5. The van der Waals surface area contributed by atoms with Crippen LogP contribution in [0, 0.1) is 29.6 Å². The summed E-state index contributed by atoms with van der Waals surface area (Å²) in [6.45, 7) is 2.25. The molecule has 0 spiro atoms. The van der Waals surface area contributed by atoms with Crippen molar-refractivity contribution >= 4 is 5.82 Å². The molecular formula is C17H24N2O. The third-order valence-corrected chi connectivity index (χ3v) is 5.92. The van der Waals surface area contributed by atoms with Gasteiger partial charge in [-0.05, 0) is 74.8 Å². The fourth-order valence-electron chi connectivity index (χ4n) is 5.49. The fraction of sp³-hybridized carbons (Fsp3) is 0.706. The monoisotopic (exact) mass is 272 g/mol. The lowest BCUT2D eigenvalue weighted by Gasteiger charge is -2.55. The van der Waals surface area contributed by atoms with Crippen LogP contribution in [-0.4, -0.2) is 11.1 Å². The predicted molar refractivity (Wildman–Crippen MR) is 79.3 cm³/mol. The van der Waals surface area contributed by atoms with Gasteiger partial charge in [0.15, 0.2) is 0 Å². The van der Waals surface area contributed by atoms with Crippen molar-refractivity contribution in [3.8, 4) is 5.75 Å². The maximum atomic E-state index is 6.18. The number of aromatic nitrogens is 1. The second-order valence-corrected chi connectivity index (χ2v) is 7.25. The van der Waals surface area contributed by atoms with Gasteiger partial charge in [0.2, 0.25) is 0 Å². The second-order valence-electron chi connectivity index (χ2n) is 7.25. The highest BCUT2D eigenvalue weighted by atomic mass is 16.5. The van der Waals surface area contributed by atoms with E-state index in [1.54, 1.807) is 6.20 Å². The number of nitrogen functional groups attached to an aromatic ring is 1. The van der Waals surface area contributed by atoms with Crippen LogP contribution in [0.3, 0.4) is 0 Å². The molecule has 1 atom stereocenters. The Kier molecular flexibility index (Phi) is 2.90. The highest BCUT2D eigenvalue weighted by molar-refractivity contribution is 5.32. The summed E-state index contributed by atoms with van der Waals surface area (Å²) >= 11 is 0. The van der Waals surface area contributed by atoms with Crippen molar-refractivity contribution in [3.05, 3.63) is 18.3 Å². The highest BCUT2D eigenvalue weighted by Gasteiger charge is 2.50. The Morgan fingerprint density at radius 2 is 1.75 bits per heavy atom. The number of hydrogen-bond donors (Lipinski definition) is 1. The zero-order valence-corrected chi connectivity index (χ0v) is 12.2. The van der Waals surface area contributed by atoms with Crippen LogP contribution in [0.15, 0.2) is 18.3 Å². The minimum Gasteiger partial charge on any atom is -0.489 e. The molecule has 4 fully saturated rings. The molecule has 0 aromatic carbocycles. The molecule has 4 aliphatic carbocycles. The van der Waals surface area contributed by atoms with Crippen LogP contribution in [0.1, 0.15) is 39.0 Å². The van der Waals surface area contributed by atoms with Gasteiger partial charge >= 0.3 is 0 Å². The molecule has 4 saturated carbocycles. The van der Waals surface area contributed by atoms with Crippen LogP contribution in [0.25, 0.3) is 0 Å². The van der Waals surface area contributed by atoms with E-state index >= 15 is 0 Å². The van der Waals surface area contributed by atoms with Gasteiger partial charge in [-0.3, -0.25) is 0 Å². The molecule has 108 valence electrons. The summed E-state index contributed by atoms with van der Waals surface area (Å²) in [5.41, 5.74) is 5.63. The lowest BCUT2D eigenvalue weighted by molar-refractivity contribution is -0.0771. The first-order chi connectivity index (χ1) is 9.69. The molecule has 1 aromatic rings. The maximum Gasteiger partial charge on any atom is 0.138 e. The molecule has 2 N–H and O–H groups in total. The fourth-order valence-corrected chi connectivity index (χ4v) is 5.49. The molecule has 0 aliphatic heterocycles. The standard InChI is InChI=1S/C17H24N2O/c1-10(20-15-2-3-16(18)19-9-15)17-13-5-11-4-12(7-13)8-14(17)6-11/h2-3,9-14,17H,4-8H2,1H3,(H2,18,19).